The van der Waals surface area contributed by atoms with Crippen LogP contribution >= 0.6 is 0 Å². The molecule has 0 spiro atoms. The summed E-state index contributed by atoms with van der Waals surface area (Å²) < 4.78 is 5.46. The van der Waals surface area contributed by atoms with Crippen LogP contribution in [0.1, 0.15) is 0 Å². The van der Waals surface area contributed by atoms with Crippen molar-refractivity contribution in [3.8, 4) is 0 Å². The van der Waals surface area contributed by atoms with Crippen LogP contribution in [0.2, 0.25) is 0 Å². The number of nitrogens with one attached hydrogen (secondary N) is 1. The van der Waals surface area contributed by atoms with Gasteiger partial charge in [-0.25, -0.2) is 0 Å². The molecular formula is C11H18N2O. The van der Waals surface area contributed by atoms with E-state index in [1.165, 1.54) is 0 Å². The number of piperazine rings is 1. The Labute approximate surface area is 85.4 Å². The van der Waals surface area contributed by atoms with Crippen molar-refractivity contribution in [2.45, 2.75) is 12.1 Å². The van der Waals surface area contributed by atoms with Gasteiger partial charge < -0.3 is 10.1 Å². The van der Waals surface area contributed by atoms with Crippen molar-refractivity contribution in [1.29, 1.82) is 0 Å². The van der Waals surface area contributed by atoms with Crippen LogP contribution in [-0.4, -0.2) is 50.3 Å². The van der Waals surface area contributed by atoms with Gasteiger partial charge in [0.1, 0.15) is 0 Å². The fraction of sp³-hybridized carbons (Fsp3) is 0.636. The average Bonchev–Trinajstić information content (AvgIpc) is 2.30. The lowest BCUT2D eigenvalue weighted by Gasteiger charge is -2.37. The third kappa shape index (κ3) is 2.05. The van der Waals surface area contributed by atoms with E-state index in [2.05, 4.69) is 34.5 Å². The lowest BCUT2D eigenvalue weighted by Crippen LogP contribution is -2.52. The molecule has 0 aromatic rings. The highest BCUT2D eigenvalue weighted by atomic mass is 16.5. The molecule has 2 aliphatic rings. The standard InChI is InChI=1S/C11H18N2O/c1-14-11-5-3-2-4-10(11)13-8-6-12-7-9-13/h2-5,10-12H,6-9H2,1H3. The number of methoxy groups -OCH3 is 1. The largest absolute Gasteiger partial charge is 0.375 e. The van der Waals surface area contributed by atoms with E-state index in [-0.39, 0.29) is 6.10 Å². The molecule has 0 amide bonds. The van der Waals surface area contributed by atoms with Gasteiger partial charge in [0.2, 0.25) is 0 Å². The fourth-order valence-electron chi connectivity index (χ4n) is 2.10. The molecule has 2 unspecified atom stereocenters. The molecule has 1 N–H and O–H groups in total. The summed E-state index contributed by atoms with van der Waals surface area (Å²) in [4.78, 5) is 2.48. The minimum atomic E-state index is 0.220. The van der Waals surface area contributed by atoms with Crippen molar-refractivity contribution in [3.63, 3.8) is 0 Å². The Hall–Kier alpha value is -0.640. The predicted octanol–water partition coefficient (Wildman–Crippen LogP) is 0.401. The van der Waals surface area contributed by atoms with Crippen LogP contribution in [0.25, 0.3) is 0 Å². The SMILES string of the molecule is COC1C=CC=CC1N1CCNCC1. The Bertz CT molecular complexity index is 231. The van der Waals surface area contributed by atoms with Gasteiger partial charge in [-0.1, -0.05) is 24.3 Å². The van der Waals surface area contributed by atoms with Crippen LogP contribution in [0.15, 0.2) is 24.3 Å². The first-order chi connectivity index (χ1) is 6.92. The van der Waals surface area contributed by atoms with Crippen molar-refractivity contribution in [2.24, 2.45) is 0 Å². The first-order valence-corrected chi connectivity index (χ1v) is 5.24. The molecule has 14 heavy (non-hydrogen) atoms. The molecule has 2 rings (SSSR count). The van der Waals surface area contributed by atoms with Gasteiger partial charge >= 0.3 is 0 Å². The van der Waals surface area contributed by atoms with Crippen LogP contribution < -0.4 is 5.32 Å². The molecule has 0 bridgehead atoms. The Kier molecular flexibility index (Phi) is 3.35. The highest BCUT2D eigenvalue weighted by Gasteiger charge is 2.25. The Balaban J connectivity index is 2.00. The van der Waals surface area contributed by atoms with Crippen molar-refractivity contribution in [3.05, 3.63) is 24.3 Å². The number of hydrogen-bond acceptors (Lipinski definition) is 3. The van der Waals surface area contributed by atoms with E-state index >= 15 is 0 Å². The lowest BCUT2D eigenvalue weighted by molar-refractivity contribution is 0.0572. The molecule has 1 saturated heterocycles. The van der Waals surface area contributed by atoms with Crippen molar-refractivity contribution in [1.82, 2.24) is 10.2 Å². The van der Waals surface area contributed by atoms with Crippen LogP contribution in [0.5, 0.6) is 0 Å². The second-order valence-electron chi connectivity index (χ2n) is 3.75. The summed E-state index contributed by atoms with van der Waals surface area (Å²) in [5, 5.41) is 3.36. The van der Waals surface area contributed by atoms with Gasteiger partial charge in [-0.15, -0.1) is 0 Å². The zero-order valence-electron chi connectivity index (χ0n) is 8.65. The third-order valence-corrected chi connectivity index (χ3v) is 2.90. The minimum absolute atomic E-state index is 0.220. The van der Waals surface area contributed by atoms with E-state index < -0.39 is 0 Å². The number of allylic oxidation sites excluding steroid dienone is 2. The zero-order valence-corrected chi connectivity index (χ0v) is 8.65. The molecule has 2 atom stereocenters. The predicted molar refractivity (Wildman–Crippen MR) is 57.3 cm³/mol. The molecule has 1 aliphatic carbocycles. The second kappa shape index (κ2) is 4.73. The maximum absolute atomic E-state index is 5.46. The zero-order chi connectivity index (χ0) is 9.80. The molecular weight excluding hydrogens is 176 g/mol. The van der Waals surface area contributed by atoms with Gasteiger partial charge in [-0.3, -0.25) is 4.90 Å². The Morgan fingerprint density at radius 2 is 1.93 bits per heavy atom. The second-order valence-corrected chi connectivity index (χ2v) is 3.75. The van der Waals surface area contributed by atoms with Crippen LogP contribution in [-0.2, 0) is 4.74 Å². The van der Waals surface area contributed by atoms with Crippen LogP contribution in [0.3, 0.4) is 0 Å². The first kappa shape index (κ1) is 9.90. The van der Waals surface area contributed by atoms with E-state index in [4.69, 9.17) is 4.74 Å². The molecule has 1 aliphatic heterocycles. The maximum atomic E-state index is 5.46. The topological polar surface area (TPSA) is 24.5 Å². The first-order valence-electron chi connectivity index (χ1n) is 5.24. The molecule has 0 radical (unpaired) electrons. The van der Waals surface area contributed by atoms with Gasteiger partial charge in [0, 0.05) is 33.3 Å². The quantitative estimate of drug-likeness (QED) is 0.688. The molecule has 1 fully saturated rings. The normalized spacial score (nSPS) is 33.5. The third-order valence-electron chi connectivity index (χ3n) is 2.90. The van der Waals surface area contributed by atoms with Gasteiger partial charge in [0.15, 0.2) is 0 Å². The van der Waals surface area contributed by atoms with Crippen molar-refractivity contribution >= 4 is 0 Å². The molecule has 78 valence electrons. The van der Waals surface area contributed by atoms with Gasteiger partial charge in [-0.2, -0.15) is 0 Å². The lowest BCUT2D eigenvalue weighted by atomic mass is 10.0. The van der Waals surface area contributed by atoms with Gasteiger partial charge in [-0.05, 0) is 0 Å². The molecule has 0 aromatic carbocycles. The van der Waals surface area contributed by atoms with Crippen molar-refractivity contribution in [2.75, 3.05) is 33.3 Å². The van der Waals surface area contributed by atoms with E-state index in [9.17, 15) is 0 Å². The Morgan fingerprint density at radius 3 is 2.64 bits per heavy atom. The minimum Gasteiger partial charge on any atom is -0.375 e. The fourth-order valence-corrected chi connectivity index (χ4v) is 2.10. The molecule has 0 aromatic heterocycles. The molecule has 1 heterocycles. The monoisotopic (exact) mass is 194 g/mol. The summed E-state index contributed by atoms with van der Waals surface area (Å²) in [5.74, 6) is 0. The van der Waals surface area contributed by atoms with Crippen LogP contribution in [0.4, 0.5) is 0 Å². The summed E-state index contributed by atoms with van der Waals surface area (Å²) in [6.07, 6.45) is 8.76. The van der Waals surface area contributed by atoms with E-state index in [0.717, 1.165) is 26.2 Å². The van der Waals surface area contributed by atoms with E-state index in [1.54, 1.807) is 7.11 Å². The summed E-state index contributed by atoms with van der Waals surface area (Å²) in [5.41, 5.74) is 0. The summed E-state index contributed by atoms with van der Waals surface area (Å²) in [6.45, 7) is 4.40. The molecule has 3 heteroatoms. The highest BCUT2D eigenvalue weighted by molar-refractivity contribution is 5.19. The summed E-state index contributed by atoms with van der Waals surface area (Å²) in [7, 11) is 1.78. The van der Waals surface area contributed by atoms with E-state index in [0.29, 0.717) is 6.04 Å². The van der Waals surface area contributed by atoms with Crippen LogP contribution in [0, 0.1) is 0 Å². The molecule has 3 nitrogen and oxygen atoms in total. The smallest absolute Gasteiger partial charge is 0.0946 e. The average molecular weight is 194 g/mol. The van der Waals surface area contributed by atoms with Gasteiger partial charge in [0.25, 0.3) is 0 Å². The maximum Gasteiger partial charge on any atom is 0.0946 e. The highest BCUT2D eigenvalue weighted by Crippen LogP contribution is 2.15. The van der Waals surface area contributed by atoms with Gasteiger partial charge in [0.05, 0.1) is 12.1 Å². The number of ether oxygens (including phenoxy) is 1. The molecule has 0 saturated carbocycles. The summed E-state index contributed by atoms with van der Waals surface area (Å²) >= 11 is 0. The summed E-state index contributed by atoms with van der Waals surface area (Å²) in [6, 6.07) is 0.423. The Morgan fingerprint density at radius 1 is 1.21 bits per heavy atom. The number of nitrogens with zero attached hydrogens (tertiary/aromatic N) is 1. The number of rotatable bonds is 2. The number of hydrogen-bond donors (Lipinski definition) is 1. The van der Waals surface area contributed by atoms with E-state index in [1.807, 2.05) is 0 Å². The van der Waals surface area contributed by atoms with Crippen molar-refractivity contribution < 1.29 is 4.74 Å².